The van der Waals surface area contributed by atoms with Crippen LogP contribution in [0.3, 0.4) is 0 Å². The summed E-state index contributed by atoms with van der Waals surface area (Å²) in [6.07, 6.45) is 4.61. The summed E-state index contributed by atoms with van der Waals surface area (Å²) in [6, 6.07) is 1.05. The molecule has 3 aromatic heterocycles. The number of fused-ring (bicyclic) bond motifs is 1. The van der Waals surface area contributed by atoms with E-state index >= 15 is 0 Å². The fourth-order valence-corrected chi connectivity index (χ4v) is 5.97. The first-order valence-electron chi connectivity index (χ1n) is 14.3. The number of hydrogen-bond acceptors (Lipinski definition) is 6. The van der Waals surface area contributed by atoms with Gasteiger partial charge >= 0.3 is 0 Å². The Morgan fingerprint density at radius 3 is 2.70 bits per heavy atom. The minimum absolute atomic E-state index is 0.0317. The maximum atomic E-state index is 14.0. The van der Waals surface area contributed by atoms with Crippen LogP contribution in [0.5, 0.6) is 0 Å². The number of imidazole rings is 1. The zero-order valence-electron chi connectivity index (χ0n) is 23.5. The topological polar surface area (TPSA) is 119 Å². The molecule has 40 heavy (non-hydrogen) atoms. The molecule has 0 bridgehead atoms. The summed E-state index contributed by atoms with van der Waals surface area (Å²) in [7, 11) is 0. The van der Waals surface area contributed by atoms with E-state index < -0.39 is 12.0 Å². The number of hydrogen-bond donors (Lipinski definition) is 2. The van der Waals surface area contributed by atoms with E-state index in [9.17, 15) is 18.4 Å². The van der Waals surface area contributed by atoms with Gasteiger partial charge in [0.15, 0.2) is 0 Å². The lowest BCUT2D eigenvalue weighted by Crippen LogP contribution is -2.41. The Balaban J connectivity index is 1.49. The SMILES string of the molecule is CCn1nccc1C(=O)N[C@H](c1cn2nc(C[C@H]3C[C@H](C)CNC3=O)c(C(C)C)nc2n1)C1CCC(F)(F)CC1. The molecule has 3 atom stereocenters. The van der Waals surface area contributed by atoms with Crippen molar-refractivity contribution in [2.45, 2.75) is 90.6 Å². The molecule has 4 heterocycles. The van der Waals surface area contributed by atoms with Crippen molar-refractivity contribution in [3.8, 4) is 0 Å². The predicted molar refractivity (Wildman–Crippen MR) is 144 cm³/mol. The molecule has 0 unspecified atom stereocenters. The third-order valence-electron chi connectivity index (χ3n) is 8.19. The number of rotatable bonds is 8. The molecule has 2 amide bonds. The molecule has 3 aromatic rings. The molecule has 216 valence electrons. The second-order valence-corrected chi connectivity index (χ2v) is 11.7. The molecule has 2 fully saturated rings. The number of carbonyl (C=O) groups excluding carboxylic acids is 2. The molecule has 2 N–H and O–H groups in total. The van der Waals surface area contributed by atoms with Gasteiger partial charge in [-0.3, -0.25) is 14.3 Å². The van der Waals surface area contributed by atoms with E-state index in [4.69, 9.17) is 15.1 Å². The van der Waals surface area contributed by atoms with Gasteiger partial charge in [-0.2, -0.15) is 10.2 Å². The molecular weight excluding hydrogens is 518 g/mol. The fourth-order valence-electron chi connectivity index (χ4n) is 5.97. The normalized spacial score (nSPS) is 22.4. The maximum absolute atomic E-state index is 14.0. The van der Waals surface area contributed by atoms with Crippen molar-refractivity contribution in [2.24, 2.45) is 17.8 Å². The van der Waals surface area contributed by atoms with Crippen LogP contribution in [0.4, 0.5) is 8.78 Å². The smallest absolute Gasteiger partial charge is 0.270 e. The highest BCUT2D eigenvalue weighted by Crippen LogP contribution is 2.41. The van der Waals surface area contributed by atoms with Crippen LogP contribution < -0.4 is 10.6 Å². The average Bonchev–Trinajstić information content (AvgIpc) is 3.55. The van der Waals surface area contributed by atoms with Crippen LogP contribution in [0.1, 0.15) is 99.3 Å². The largest absolute Gasteiger partial charge is 0.356 e. The first kappa shape index (κ1) is 28.1. The second-order valence-electron chi connectivity index (χ2n) is 11.7. The Kier molecular flexibility index (Phi) is 7.87. The number of halogens is 2. The van der Waals surface area contributed by atoms with E-state index in [0.29, 0.717) is 42.6 Å². The summed E-state index contributed by atoms with van der Waals surface area (Å²) >= 11 is 0. The number of alkyl halides is 2. The van der Waals surface area contributed by atoms with E-state index in [1.54, 1.807) is 27.7 Å². The molecule has 1 aliphatic carbocycles. The molecule has 0 radical (unpaired) electrons. The van der Waals surface area contributed by atoms with E-state index in [2.05, 4.69) is 22.7 Å². The van der Waals surface area contributed by atoms with Gasteiger partial charge in [-0.1, -0.05) is 20.8 Å². The maximum Gasteiger partial charge on any atom is 0.270 e. The third-order valence-corrected chi connectivity index (χ3v) is 8.19. The molecule has 2 aliphatic rings. The van der Waals surface area contributed by atoms with Crippen LogP contribution >= 0.6 is 0 Å². The van der Waals surface area contributed by atoms with Gasteiger partial charge in [-0.05, 0) is 50.0 Å². The Labute approximate surface area is 232 Å². The summed E-state index contributed by atoms with van der Waals surface area (Å²) in [5, 5.41) is 15.1. The number of aryl methyl sites for hydroxylation is 1. The number of nitrogens with one attached hydrogen (secondary N) is 2. The Morgan fingerprint density at radius 2 is 2.00 bits per heavy atom. The summed E-state index contributed by atoms with van der Waals surface area (Å²) in [5.41, 5.74) is 2.45. The van der Waals surface area contributed by atoms with Crippen molar-refractivity contribution >= 4 is 17.6 Å². The van der Waals surface area contributed by atoms with Crippen LogP contribution in [0.2, 0.25) is 0 Å². The number of carbonyl (C=O) groups is 2. The fraction of sp³-hybridized carbons (Fsp3) is 0.643. The van der Waals surface area contributed by atoms with Crippen molar-refractivity contribution in [1.29, 1.82) is 0 Å². The minimum Gasteiger partial charge on any atom is -0.356 e. The van der Waals surface area contributed by atoms with Gasteiger partial charge in [-0.15, -0.1) is 0 Å². The molecule has 0 spiro atoms. The van der Waals surface area contributed by atoms with Crippen molar-refractivity contribution in [1.82, 2.24) is 40.0 Å². The van der Waals surface area contributed by atoms with Crippen molar-refractivity contribution in [3.63, 3.8) is 0 Å². The van der Waals surface area contributed by atoms with E-state index in [-0.39, 0.29) is 55.3 Å². The lowest BCUT2D eigenvalue weighted by molar-refractivity contribution is -0.127. The van der Waals surface area contributed by atoms with Gasteiger partial charge in [-0.25, -0.2) is 23.3 Å². The molecule has 1 saturated carbocycles. The zero-order valence-corrected chi connectivity index (χ0v) is 23.5. The van der Waals surface area contributed by atoms with Gasteiger partial charge in [0.2, 0.25) is 11.8 Å². The lowest BCUT2D eigenvalue weighted by atomic mass is 9.81. The van der Waals surface area contributed by atoms with Gasteiger partial charge in [0.25, 0.3) is 11.7 Å². The van der Waals surface area contributed by atoms with E-state index in [1.165, 1.54) is 0 Å². The standard InChI is InChI=1S/C28H38F2N8O2/c1-5-37-22(8-11-32-37)26(40)34-24(18-6-9-28(29,30)10-7-18)21-15-38-27(33-21)35-23(16(2)3)20(36-38)13-19-12-17(4)14-31-25(19)39/h8,11,15-19,24H,5-7,9-10,12-14H2,1-4H3,(H,31,39)(H,34,40)/t17-,19+,24-/m0/s1. The summed E-state index contributed by atoms with van der Waals surface area (Å²) < 4.78 is 31.3. The highest BCUT2D eigenvalue weighted by molar-refractivity contribution is 5.92. The Morgan fingerprint density at radius 1 is 1.25 bits per heavy atom. The van der Waals surface area contributed by atoms with Crippen LogP contribution in [-0.4, -0.2) is 53.6 Å². The lowest BCUT2D eigenvalue weighted by Gasteiger charge is -2.33. The van der Waals surface area contributed by atoms with Crippen LogP contribution in [0.25, 0.3) is 5.78 Å². The molecule has 1 aliphatic heterocycles. The van der Waals surface area contributed by atoms with Crippen LogP contribution in [-0.2, 0) is 17.8 Å². The Bertz CT molecular complexity index is 1370. The third kappa shape index (κ3) is 5.85. The van der Waals surface area contributed by atoms with Gasteiger partial charge in [0.1, 0.15) is 5.69 Å². The van der Waals surface area contributed by atoms with Crippen LogP contribution in [0.15, 0.2) is 18.5 Å². The predicted octanol–water partition coefficient (Wildman–Crippen LogP) is 4.08. The number of aromatic nitrogens is 6. The minimum atomic E-state index is -2.70. The van der Waals surface area contributed by atoms with E-state index in [1.807, 2.05) is 20.8 Å². The summed E-state index contributed by atoms with van der Waals surface area (Å²) in [4.78, 5) is 35.4. The van der Waals surface area contributed by atoms with Gasteiger partial charge in [0, 0.05) is 44.5 Å². The van der Waals surface area contributed by atoms with Crippen molar-refractivity contribution < 1.29 is 18.4 Å². The van der Waals surface area contributed by atoms with E-state index in [0.717, 1.165) is 17.8 Å². The molecule has 0 aromatic carbocycles. The highest BCUT2D eigenvalue weighted by Gasteiger charge is 2.40. The second kappa shape index (κ2) is 11.2. The Hall–Kier alpha value is -3.44. The quantitative estimate of drug-likeness (QED) is 0.432. The van der Waals surface area contributed by atoms with Crippen molar-refractivity contribution in [3.05, 3.63) is 41.2 Å². The summed E-state index contributed by atoms with van der Waals surface area (Å²) in [5.74, 6) is -2.58. The first-order chi connectivity index (χ1) is 19.0. The highest BCUT2D eigenvalue weighted by atomic mass is 19.3. The van der Waals surface area contributed by atoms with Crippen molar-refractivity contribution in [2.75, 3.05) is 6.54 Å². The molecule has 12 heteroatoms. The number of piperidine rings is 1. The number of amides is 2. The number of nitrogens with zero attached hydrogens (tertiary/aromatic N) is 6. The van der Waals surface area contributed by atoms with Gasteiger partial charge < -0.3 is 10.6 Å². The molecule has 10 nitrogen and oxygen atoms in total. The zero-order chi connectivity index (χ0) is 28.6. The average molecular weight is 557 g/mol. The molecular formula is C28H38F2N8O2. The monoisotopic (exact) mass is 556 g/mol. The first-order valence-corrected chi connectivity index (χ1v) is 14.3. The molecule has 5 rings (SSSR count). The molecule has 1 saturated heterocycles. The van der Waals surface area contributed by atoms with Gasteiger partial charge in [0.05, 0.1) is 29.3 Å². The van der Waals surface area contributed by atoms with Crippen LogP contribution in [0, 0.1) is 17.8 Å². The summed E-state index contributed by atoms with van der Waals surface area (Å²) in [6.45, 7) is 9.28.